The van der Waals surface area contributed by atoms with E-state index in [1.54, 1.807) is 7.11 Å². The van der Waals surface area contributed by atoms with Crippen LogP contribution in [0.1, 0.15) is 13.3 Å². The molecule has 0 aromatic rings. The molecule has 62 valence electrons. The first-order chi connectivity index (χ1) is 5.35. The number of hydrogen-bond donors (Lipinski definition) is 1. The molecule has 0 saturated heterocycles. The van der Waals surface area contributed by atoms with Crippen molar-refractivity contribution in [1.29, 1.82) is 5.41 Å². The van der Waals surface area contributed by atoms with Crippen molar-refractivity contribution in [2.45, 2.75) is 19.4 Å². The maximum atomic E-state index is 6.66. The van der Waals surface area contributed by atoms with Gasteiger partial charge in [-0.3, -0.25) is 0 Å². The largest absolute Gasteiger partial charge is 0.385 e. The molecule has 0 rings (SSSR count). The van der Waals surface area contributed by atoms with Gasteiger partial charge < -0.3 is 4.74 Å². The molecule has 1 N–H and O–H groups in total. The van der Waals surface area contributed by atoms with Crippen LogP contribution in [0.3, 0.4) is 0 Å². The van der Waals surface area contributed by atoms with Crippen LogP contribution >= 0.6 is 0 Å². The number of ether oxygens (including phenoxy) is 1. The number of aliphatic imine (C=N–C) groups is 1. The van der Waals surface area contributed by atoms with Crippen LogP contribution in [0.2, 0.25) is 0 Å². The molecule has 0 heterocycles. The van der Waals surface area contributed by atoms with Gasteiger partial charge in [0, 0.05) is 13.7 Å². The quantitative estimate of drug-likeness (QED) is 0.475. The molecule has 0 radical (unpaired) electrons. The molecule has 0 aliphatic rings. The van der Waals surface area contributed by atoms with E-state index in [4.69, 9.17) is 10.1 Å². The molecule has 0 amide bonds. The van der Waals surface area contributed by atoms with E-state index in [0.717, 1.165) is 6.42 Å². The Morgan fingerprint density at radius 1 is 1.73 bits per heavy atom. The molecular formula is C8H14N2O. The number of nitrogens with zero attached hydrogens (tertiary/aromatic N) is 1. The van der Waals surface area contributed by atoms with Gasteiger partial charge in [0.05, 0.1) is 12.1 Å². The smallest absolute Gasteiger partial charge is 0.0868 e. The average molecular weight is 154 g/mol. The molecule has 0 aliphatic heterocycles. The lowest BCUT2D eigenvalue weighted by Crippen LogP contribution is -2.03. The van der Waals surface area contributed by atoms with E-state index in [2.05, 4.69) is 4.99 Å². The van der Waals surface area contributed by atoms with Crippen LogP contribution in [0.25, 0.3) is 0 Å². The highest BCUT2D eigenvalue weighted by Crippen LogP contribution is 1.98. The third-order valence-corrected chi connectivity index (χ3v) is 1.26. The zero-order chi connectivity index (χ0) is 8.53. The molecule has 1 unspecified atom stereocenters. The molecule has 0 aromatic heterocycles. The van der Waals surface area contributed by atoms with Crippen molar-refractivity contribution in [3.05, 3.63) is 12.2 Å². The van der Waals surface area contributed by atoms with Crippen LogP contribution in [-0.4, -0.2) is 25.8 Å². The second-order valence-electron chi connectivity index (χ2n) is 2.12. The summed E-state index contributed by atoms with van der Waals surface area (Å²) in [4.78, 5) is 3.80. The van der Waals surface area contributed by atoms with Crippen LogP contribution in [0, 0.1) is 5.41 Å². The Morgan fingerprint density at radius 3 is 2.91 bits per heavy atom. The van der Waals surface area contributed by atoms with Crippen LogP contribution in [0.15, 0.2) is 17.1 Å². The molecule has 0 aliphatic carbocycles. The van der Waals surface area contributed by atoms with E-state index in [-0.39, 0.29) is 6.04 Å². The monoisotopic (exact) mass is 154 g/mol. The van der Waals surface area contributed by atoms with Gasteiger partial charge in [0.25, 0.3) is 0 Å². The summed E-state index contributed by atoms with van der Waals surface area (Å²) in [5, 5.41) is 6.66. The van der Waals surface area contributed by atoms with Crippen molar-refractivity contribution in [3.63, 3.8) is 0 Å². The van der Waals surface area contributed by atoms with Crippen molar-refractivity contribution in [2.24, 2.45) is 4.99 Å². The molecule has 3 nitrogen and oxygen atoms in total. The van der Waals surface area contributed by atoms with Gasteiger partial charge in [-0.1, -0.05) is 12.2 Å². The summed E-state index contributed by atoms with van der Waals surface area (Å²) in [7, 11) is 1.65. The first-order valence-corrected chi connectivity index (χ1v) is 3.58. The van der Waals surface area contributed by atoms with Crippen molar-refractivity contribution >= 4 is 6.01 Å². The summed E-state index contributed by atoms with van der Waals surface area (Å²) in [5.74, 6) is 0. The molecule has 11 heavy (non-hydrogen) atoms. The Morgan fingerprint density at radius 2 is 2.45 bits per heavy atom. The van der Waals surface area contributed by atoms with Gasteiger partial charge in [-0.15, -0.1) is 0 Å². The highest BCUT2D eigenvalue weighted by atomic mass is 16.5. The molecule has 0 bridgehead atoms. The second kappa shape index (κ2) is 7.19. The van der Waals surface area contributed by atoms with Crippen LogP contribution < -0.4 is 0 Å². The SMILES string of the molecule is CC=CC(CCOC)N=C=N. The Hall–Kier alpha value is -0.920. The number of nitrogens with one attached hydrogen (secondary N) is 1. The van der Waals surface area contributed by atoms with Crippen LogP contribution in [-0.2, 0) is 4.74 Å². The van der Waals surface area contributed by atoms with E-state index >= 15 is 0 Å². The summed E-state index contributed by atoms with van der Waals surface area (Å²) in [6.07, 6.45) is 4.66. The van der Waals surface area contributed by atoms with E-state index in [9.17, 15) is 0 Å². The summed E-state index contributed by atoms with van der Waals surface area (Å²) < 4.78 is 4.88. The number of methoxy groups -OCH3 is 1. The number of allylic oxidation sites excluding steroid dienone is 1. The van der Waals surface area contributed by atoms with Crippen LogP contribution in [0.4, 0.5) is 0 Å². The van der Waals surface area contributed by atoms with Gasteiger partial charge in [-0.2, -0.15) is 0 Å². The lowest BCUT2D eigenvalue weighted by atomic mass is 10.2. The molecule has 1 atom stereocenters. The van der Waals surface area contributed by atoms with Crippen molar-refractivity contribution < 1.29 is 4.74 Å². The Balaban J connectivity index is 3.78. The van der Waals surface area contributed by atoms with Crippen molar-refractivity contribution in [1.82, 2.24) is 0 Å². The maximum Gasteiger partial charge on any atom is 0.0868 e. The van der Waals surface area contributed by atoms with Crippen molar-refractivity contribution in [3.8, 4) is 0 Å². The van der Waals surface area contributed by atoms with E-state index < -0.39 is 0 Å². The number of hydrogen-bond acceptors (Lipinski definition) is 3. The minimum atomic E-state index is 0.0532. The summed E-state index contributed by atoms with van der Waals surface area (Å²) in [5.41, 5.74) is 0. The number of rotatable bonds is 5. The highest BCUT2D eigenvalue weighted by molar-refractivity contribution is 5.36. The standard InChI is InChI=1S/C8H14N2O/c1-3-4-8(10-7-9)5-6-11-2/h3-4,8-9H,5-6H2,1-2H3. The first kappa shape index (κ1) is 10.1. The molecular weight excluding hydrogens is 140 g/mol. The average Bonchev–Trinajstić information content (AvgIpc) is 2.01. The van der Waals surface area contributed by atoms with Crippen LogP contribution in [0.5, 0.6) is 0 Å². The fourth-order valence-corrected chi connectivity index (χ4v) is 0.747. The first-order valence-electron chi connectivity index (χ1n) is 3.58. The lowest BCUT2D eigenvalue weighted by Gasteiger charge is -2.02. The summed E-state index contributed by atoms with van der Waals surface area (Å²) in [6.45, 7) is 2.60. The zero-order valence-corrected chi connectivity index (χ0v) is 7.00. The van der Waals surface area contributed by atoms with Gasteiger partial charge >= 0.3 is 0 Å². The predicted molar refractivity (Wildman–Crippen MR) is 45.2 cm³/mol. The minimum Gasteiger partial charge on any atom is -0.385 e. The summed E-state index contributed by atoms with van der Waals surface area (Å²) in [6, 6.07) is 2.08. The molecule has 0 aromatic carbocycles. The van der Waals surface area contributed by atoms with E-state index in [1.807, 2.05) is 25.1 Å². The van der Waals surface area contributed by atoms with Gasteiger partial charge in [0.1, 0.15) is 0 Å². The van der Waals surface area contributed by atoms with Gasteiger partial charge in [-0.05, 0) is 13.3 Å². The van der Waals surface area contributed by atoms with E-state index in [1.165, 1.54) is 0 Å². The molecule has 0 spiro atoms. The van der Waals surface area contributed by atoms with Crippen molar-refractivity contribution in [2.75, 3.05) is 13.7 Å². The molecule has 0 fully saturated rings. The normalized spacial score (nSPS) is 12.9. The predicted octanol–water partition coefficient (Wildman–Crippen LogP) is 1.72. The third kappa shape index (κ3) is 5.52. The molecule has 0 saturated carbocycles. The second-order valence-corrected chi connectivity index (χ2v) is 2.12. The lowest BCUT2D eigenvalue weighted by molar-refractivity contribution is 0.192. The maximum absolute atomic E-state index is 6.66. The Labute approximate surface area is 67.3 Å². The summed E-state index contributed by atoms with van der Waals surface area (Å²) >= 11 is 0. The fourth-order valence-electron chi connectivity index (χ4n) is 0.747. The molecule has 3 heteroatoms. The Kier molecular flexibility index (Phi) is 6.59. The van der Waals surface area contributed by atoms with E-state index in [0.29, 0.717) is 6.61 Å². The topological polar surface area (TPSA) is 45.4 Å². The fraction of sp³-hybridized carbons (Fsp3) is 0.625. The third-order valence-electron chi connectivity index (χ3n) is 1.26. The van der Waals surface area contributed by atoms with Gasteiger partial charge in [0.15, 0.2) is 0 Å². The van der Waals surface area contributed by atoms with Gasteiger partial charge in [-0.25, -0.2) is 10.4 Å². The minimum absolute atomic E-state index is 0.0532. The highest BCUT2D eigenvalue weighted by Gasteiger charge is 1.98. The van der Waals surface area contributed by atoms with Gasteiger partial charge in [0.2, 0.25) is 0 Å². The zero-order valence-electron chi connectivity index (χ0n) is 7.00. The Bertz CT molecular complexity index is 159.